The van der Waals surface area contributed by atoms with E-state index in [0.717, 1.165) is 4.57 Å². The molecule has 0 radical (unpaired) electrons. The van der Waals surface area contributed by atoms with Crippen molar-refractivity contribution in [3.63, 3.8) is 0 Å². The lowest BCUT2D eigenvalue weighted by molar-refractivity contribution is 0.170. The molecule has 1 heterocycles. The summed E-state index contributed by atoms with van der Waals surface area (Å²) in [4.78, 5) is 24.9. The summed E-state index contributed by atoms with van der Waals surface area (Å²) in [5.41, 5.74) is -0.343. The zero-order valence-corrected chi connectivity index (χ0v) is 7.57. The fraction of sp³-hybridized carbons (Fsp3) is 0.500. The molecule has 1 aromatic heterocycles. The van der Waals surface area contributed by atoms with Gasteiger partial charge >= 0.3 is 5.69 Å². The zero-order valence-electron chi connectivity index (χ0n) is 7.57. The largest absolute Gasteiger partial charge is 0.392 e. The summed E-state index contributed by atoms with van der Waals surface area (Å²) < 4.78 is 0.970. The van der Waals surface area contributed by atoms with Gasteiger partial charge in [0.2, 0.25) is 0 Å². The van der Waals surface area contributed by atoms with E-state index in [4.69, 9.17) is 5.11 Å². The van der Waals surface area contributed by atoms with Gasteiger partial charge in [-0.3, -0.25) is 9.36 Å². The van der Waals surface area contributed by atoms with Crippen LogP contribution in [0.1, 0.15) is 12.6 Å². The minimum atomic E-state index is -0.707. The molecule has 1 atom stereocenters. The second kappa shape index (κ2) is 3.57. The van der Waals surface area contributed by atoms with Gasteiger partial charge in [0.1, 0.15) is 0 Å². The number of H-pyrrole nitrogens is 1. The number of aryl methyl sites for hydroxylation is 1. The quantitative estimate of drug-likeness (QED) is 0.633. The van der Waals surface area contributed by atoms with Crippen molar-refractivity contribution in [2.45, 2.75) is 26.5 Å². The van der Waals surface area contributed by atoms with Crippen molar-refractivity contribution in [3.05, 3.63) is 32.6 Å². The summed E-state index contributed by atoms with van der Waals surface area (Å²) in [6.07, 6.45) is -0.707. The molecule has 0 fully saturated rings. The molecule has 5 nitrogen and oxygen atoms in total. The Labute approximate surface area is 74.7 Å². The normalized spacial score (nSPS) is 12.8. The Balaban J connectivity index is 3.22. The van der Waals surface area contributed by atoms with Crippen molar-refractivity contribution >= 4 is 0 Å². The molecule has 0 bridgehead atoms. The van der Waals surface area contributed by atoms with Crippen LogP contribution in [0.15, 0.2) is 15.7 Å². The number of aromatic nitrogens is 2. The van der Waals surface area contributed by atoms with Gasteiger partial charge in [0, 0.05) is 11.8 Å². The molecule has 5 heteroatoms. The van der Waals surface area contributed by atoms with Gasteiger partial charge in [0.25, 0.3) is 5.56 Å². The summed E-state index contributed by atoms with van der Waals surface area (Å²) >= 11 is 0. The molecule has 0 amide bonds. The lowest BCUT2D eigenvalue weighted by Crippen LogP contribution is -2.37. The lowest BCUT2D eigenvalue weighted by atomic mass is 10.4. The molecule has 1 unspecified atom stereocenters. The molecular weight excluding hydrogens is 172 g/mol. The van der Waals surface area contributed by atoms with E-state index in [1.807, 2.05) is 0 Å². The van der Waals surface area contributed by atoms with E-state index in [2.05, 4.69) is 4.98 Å². The Hall–Kier alpha value is -1.36. The Morgan fingerprint density at radius 2 is 2.23 bits per heavy atom. The van der Waals surface area contributed by atoms with Crippen LogP contribution in [0.25, 0.3) is 0 Å². The van der Waals surface area contributed by atoms with E-state index >= 15 is 0 Å². The monoisotopic (exact) mass is 184 g/mol. The van der Waals surface area contributed by atoms with E-state index in [-0.39, 0.29) is 12.1 Å². The third-order valence-electron chi connectivity index (χ3n) is 1.60. The van der Waals surface area contributed by atoms with Crippen LogP contribution in [0.4, 0.5) is 0 Å². The second-order valence-electron chi connectivity index (χ2n) is 3.06. The Morgan fingerprint density at radius 1 is 1.62 bits per heavy atom. The number of hydrogen-bond donors (Lipinski definition) is 2. The maximum atomic E-state index is 11.2. The minimum Gasteiger partial charge on any atom is -0.392 e. The molecule has 0 saturated heterocycles. The number of nitrogens with one attached hydrogen (secondary N) is 1. The van der Waals surface area contributed by atoms with Crippen molar-refractivity contribution in [1.82, 2.24) is 9.55 Å². The Bertz CT molecular complexity index is 371. The molecule has 0 spiro atoms. The van der Waals surface area contributed by atoms with Crippen LogP contribution in [0.2, 0.25) is 0 Å². The molecule has 1 aromatic rings. The zero-order chi connectivity index (χ0) is 10.0. The van der Waals surface area contributed by atoms with Crippen LogP contribution in [0, 0.1) is 6.92 Å². The standard InChI is InChI=1S/C8H12N2O3/c1-5-3-7(12)10(4-6(2)11)8(13)9-5/h3,6,11H,4H2,1-2H3,(H,9,13). The number of nitrogens with zero attached hydrogens (tertiary/aromatic N) is 1. The van der Waals surface area contributed by atoms with E-state index in [0.29, 0.717) is 5.69 Å². The maximum absolute atomic E-state index is 11.2. The highest BCUT2D eigenvalue weighted by molar-refractivity contribution is 4.96. The molecule has 2 N–H and O–H groups in total. The molecule has 0 aliphatic rings. The van der Waals surface area contributed by atoms with Crippen LogP contribution in [-0.2, 0) is 6.54 Å². The predicted molar refractivity (Wildman–Crippen MR) is 47.7 cm³/mol. The number of aromatic amines is 1. The molecular formula is C8H12N2O3. The van der Waals surface area contributed by atoms with Gasteiger partial charge in [-0.05, 0) is 13.8 Å². The molecule has 0 aliphatic carbocycles. The lowest BCUT2D eigenvalue weighted by Gasteiger charge is -2.06. The summed E-state index contributed by atoms with van der Waals surface area (Å²) in [6.45, 7) is 3.18. The highest BCUT2D eigenvalue weighted by Gasteiger charge is 2.04. The fourth-order valence-electron chi connectivity index (χ4n) is 1.07. The Kier molecular flexibility index (Phi) is 2.67. The first kappa shape index (κ1) is 9.73. The summed E-state index contributed by atoms with van der Waals surface area (Å²) in [5.74, 6) is 0. The Morgan fingerprint density at radius 3 is 2.69 bits per heavy atom. The van der Waals surface area contributed by atoms with Crippen LogP contribution < -0.4 is 11.2 Å². The fourth-order valence-corrected chi connectivity index (χ4v) is 1.07. The molecule has 0 aromatic carbocycles. The van der Waals surface area contributed by atoms with Crippen LogP contribution in [0.3, 0.4) is 0 Å². The molecule has 0 aliphatic heterocycles. The third-order valence-corrected chi connectivity index (χ3v) is 1.60. The van der Waals surface area contributed by atoms with E-state index in [9.17, 15) is 9.59 Å². The van der Waals surface area contributed by atoms with Gasteiger partial charge < -0.3 is 10.1 Å². The van der Waals surface area contributed by atoms with Gasteiger partial charge in [-0.25, -0.2) is 4.79 Å². The van der Waals surface area contributed by atoms with Crippen LogP contribution in [-0.4, -0.2) is 20.8 Å². The highest BCUT2D eigenvalue weighted by atomic mass is 16.3. The van der Waals surface area contributed by atoms with Crippen molar-refractivity contribution in [3.8, 4) is 0 Å². The predicted octanol–water partition coefficient (Wildman–Crippen LogP) is -0.774. The first-order valence-corrected chi connectivity index (χ1v) is 3.99. The average molecular weight is 184 g/mol. The van der Waals surface area contributed by atoms with Crippen molar-refractivity contribution in [2.75, 3.05) is 0 Å². The van der Waals surface area contributed by atoms with E-state index < -0.39 is 11.8 Å². The SMILES string of the molecule is Cc1cc(=O)n(CC(C)O)c(=O)[nH]1. The van der Waals surface area contributed by atoms with Crippen molar-refractivity contribution in [2.24, 2.45) is 0 Å². The summed E-state index contributed by atoms with van der Waals surface area (Å²) in [5, 5.41) is 9.01. The molecule has 1 rings (SSSR count). The number of aliphatic hydroxyl groups is 1. The summed E-state index contributed by atoms with van der Waals surface area (Å²) in [6, 6.07) is 1.32. The van der Waals surface area contributed by atoms with Gasteiger partial charge in [-0.2, -0.15) is 0 Å². The smallest absolute Gasteiger partial charge is 0.328 e. The first-order valence-electron chi connectivity index (χ1n) is 3.99. The summed E-state index contributed by atoms with van der Waals surface area (Å²) in [7, 11) is 0. The maximum Gasteiger partial charge on any atom is 0.328 e. The van der Waals surface area contributed by atoms with Gasteiger partial charge in [0.05, 0.1) is 12.6 Å². The van der Waals surface area contributed by atoms with Gasteiger partial charge in [-0.15, -0.1) is 0 Å². The topological polar surface area (TPSA) is 75.1 Å². The van der Waals surface area contributed by atoms with E-state index in [1.165, 1.54) is 13.0 Å². The number of aliphatic hydroxyl groups excluding tert-OH is 1. The average Bonchev–Trinajstić information content (AvgIpc) is 1.96. The highest BCUT2D eigenvalue weighted by Crippen LogP contribution is 1.84. The van der Waals surface area contributed by atoms with Crippen molar-refractivity contribution < 1.29 is 5.11 Å². The molecule has 72 valence electrons. The van der Waals surface area contributed by atoms with Crippen molar-refractivity contribution in [1.29, 1.82) is 0 Å². The van der Waals surface area contributed by atoms with Gasteiger partial charge in [0.15, 0.2) is 0 Å². The molecule has 13 heavy (non-hydrogen) atoms. The number of rotatable bonds is 2. The van der Waals surface area contributed by atoms with Gasteiger partial charge in [-0.1, -0.05) is 0 Å². The van der Waals surface area contributed by atoms with Crippen LogP contribution in [0.5, 0.6) is 0 Å². The van der Waals surface area contributed by atoms with E-state index in [1.54, 1.807) is 6.92 Å². The van der Waals surface area contributed by atoms with Crippen LogP contribution >= 0.6 is 0 Å². The third kappa shape index (κ3) is 2.29. The number of hydrogen-bond acceptors (Lipinski definition) is 3. The molecule has 0 saturated carbocycles. The first-order chi connectivity index (χ1) is 6.00. The minimum absolute atomic E-state index is 0.0223. The second-order valence-corrected chi connectivity index (χ2v) is 3.06.